The van der Waals surface area contributed by atoms with Crippen LogP contribution in [0.15, 0.2) is 0 Å². The highest BCUT2D eigenvalue weighted by Gasteiger charge is 2.47. The number of amides is 1. The Morgan fingerprint density at radius 2 is 1.91 bits per heavy atom. The maximum Gasteiger partial charge on any atom is 0.410 e. The molecule has 0 aromatic carbocycles. The highest BCUT2D eigenvalue weighted by molar-refractivity contribution is 5.67. The van der Waals surface area contributed by atoms with Crippen molar-refractivity contribution in [3.8, 4) is 0 Å². The van der Waals surface area contributed by atoms with Gasteiger partial charge in [-0.25, -0.2) is 4.79 Å². The van der Waals surface area contributed by atoms with E-state index in [1.54, 1.807) is 4.90 Å². The van der Waals surface area contributed by atoms with Crippen molar-refractivity contribution in [2.75, 3.05) is 33.8 Å². The van der Waals surface area contributed by atoms with Gasteiger partial charge >= 0.3 is 6.09 Å². The van der Waals surface area contributed by atoms with E-state index >= 15 is 0 Å². The van der Waals surface area contributed by atoms with E-state index < -0.39 is 5.60 Å². The molecule has 192 valence electrons. The van der Waals surface area contributed by atoms with Crippen LogP contribution in [-0.2, 0) is 29.0 Å². The fourth-order valence-electron chi connectivity index (χ4n) is 6.16. The van der Waals surface area contributed by atoms with Crippen LogP contribution in [0.5, 0.6) is 0 Å². The summed E-state index contributed by atoms with van der Waals surface area (Å²) >= 11 is 0. The van der Waals surface area contributed by atoms with Crippen molar-refractivity contribution >= 4 is 6.09 Å². The molecular weight excluding hydrogens is 428 g/mol. The van der Waals surface area contributed by atoms with Gasteiger partial charge in [0, 0.05) is 44.5 Å². The zero-order valence-corrected chi connectivity index (χ0v) is 22.6. The Kier molecular flexibility index (Phi) is 7.09. The van der Waals surface area contributed by atoms with Gasteiger partial charge in [0.2, 0.25) is 0 Å². The predicted molar refractivity (Wildman–Crippen MR) is 134 cm³/mol. The molecule has 4 rings (SSSR count). The fourth-order valence-corrected chi connectivity index (χ4v) is 6.16. The maximum atomic E-state index is 12.3. The van der Waals surface area contributed by atoms with Gasteiger partial charge in [0.05, 0.1) is 17.9 Å². The molecule has 1 spiro atoms. The van der Waals surface area contributed by atoms with E-state index in [4.69, 9.17) is 14.6 Å². The highest BCUT2D eigenvalue weighted by atomic mass is 16.6. The normalized spacial score (nSPS) is 26.3. The van der Waals surface area contributed by atoms with Crippen LogP contribution in [0.25, 0.3) is 0 Å². The van der Waals surface area contributed by atoms with Gasteiger partial charge in [0.1, 0.15) is 5.60 Å². The molecule has 34 heavy (non-hydrogen) atoms. The molecule has 1 aliphatic carbocycles. The molecule has 3 heterocycles. The molecule has 3 aliphatic rings. The van der Waals surface area contributed by atoms with Gasteiger partial charge in [0.15, 0.2) is 0 Å². The second kappa shape index (κ2) is 9.45. The SMILES string of the molecule is CN(CCN(C)C(=O)OC(C)(C)C)Cc1nn2c(c1[C@H]1CC[C@@]3(CC1)CC(C)(C)CO3)CCC2. The third-order valence-electron chi connectivity index (χ3n) is 7.78. The number of aryl methyl sites for hydroxylation is 1. The monoisotopic (exact) mass is 474 g/mol. The summed E-state index contributed by atoms with van der Waals surface area (Å²) in [6, 6.07) is 0. The Bertz CT molecular complexity index is 877. The van der Waals surface area contributed by atoms with Crippen LogP contribution < -0.4 is 0 Å². The minimum atomic E-state index is -0.471. The first-order valence-electron chi connectivity index (χ1n) is 13.2. The predicted octanol–water partition coefficient (Wildman–Crippen LogP) is 4.97. The van der Waals surface area contributed by atoms with Gasteiger partial charge in [-0.15, -0.1) is 0 Å². The molecule has 7 heteroatoms. The van der Waals surface area contributed by atoms with Gasteiger partial charge in [-0.2, -0.15) is 5.10 Å². The standard InChI is InChI=1S/C27H46N4O3/c1-25(2,3)34-24(32)30(7)16-15-29(6)17-21-23(22-9-8-14-31(22)28-21)20-10-12-27(13-11-20)18-26(4,5)19-33-27/h20H,8-19H2,1-7H3/t20-,27+. The zero-order valence-electron chi connectivity index (χ0n) is 22.6. The average Bonchev–Trinajstić information content (AvgIpc) is 3.39. The van der Waals surface area contributed by atoms with Crippen LogP contribution >= 0.6 is 0 Å². The molecule has 0 bridgehead atoms. The molecular formula is C27H46N4O3. The molecule has 0 unspecified atom stereocenters. The summed E-state index contributed by atoms with van der Waals surface area (Å²) in [6.07, 6.45) is 8.03. The van der Waals surface area contributed by atoms with E-state index in [0.29, 0.717) is 17.9 Å². The third-order valence-corrected chi connectivity index (χ3v) is 7.78. The number of hydrogen-bond acceptors (Lipinski definition) is 5. The highest BCUT2D eigenvalue weighted by Crippen LogP contribution is 2.50. The lowest BCUT2D eigenvalue weighted by Crippen LogP contribution is -2.38. The van der Waals surface area contributed by atoms with Crippen LogP contribution in [0.4, 0.5) is 4.79 Å². The summed E-state index contributed by atoms with van der Waals surface area (Å²) in [5.41, 5.74) is 4.19. The van der Waals surface area contributed by atoms with Crippen molar-refractivity contribution < 1.29 is 14.3 Å². The van der Waals surface area contributed by atoms with Crippen LogP contribution in [0.3, 0.4) is 0 Å². The Morgan fingerprint density at radius 1 is 1.21 bits per heavy atom. The van der Waals surface area contributed by atoms with Gasteiger partial charge in [-0.05, 0) is 84.1 Å². The Hall–Kier alpha value is -1.60. The quantitative estimate of drug-likeness (QED) is 0.583. The molecule has 1 aromatic rings. The molecule has 1 saturated carbocycles. The van der Waals surface area contributed by atoms with Gasteiger partial charge < -0.3 is 14.4 Å². The van der Waals surface area contributed by atoms with Crippen molar-refractivity contribution in [2.45, 2.75) is 110 Å². The third kappa shape index (κ3) is 5.78. The zero-order chi connectivity index (χ0) is 24.7. The number of fused-ring (bicyclic) bond motifs is 1. The molecule has 0 radical (unpaired) electrons. The van der Waals surface area contributed by atoms with Crippen LogP contribution in [0, 0.1) is 5.41 Å². The minimum Gasteiger partial charge on any atom is -0.444 e. The number of nitrogens with zero attached hydrogens (tertiary/aromatic N) is 4. The molecule has 1 amide bonds. The second-order valence-corrected chi connectivity index (χ2v) is 12.9. The van der Waals surface area contributed by atoms with E-state index in [1.807, 2.05) is 27.8 Å². The molecule has 1 aromatic heterocycles. The first kappa shape index (κ1) is 25.5. The lowest BCUT2D eigenvalue weighted by molar-refractivity contribution is -0.0294. The van der Waals surface area contributed by atoms with E-state index in [1.165, 1.54) is 55.5 Å². The van der Waals surface area contributed by atoms with Gasteiger partial charge in [0.25, 0.3) is 0 Å². The topological polar surface area (TPSA) is 59.8 Å². The van der Waals surface area contributed by atoms with Crippen molar-refractivity contribution in [2.24, 2.45) is 5.41 Å². The minimum absolute atomic E-state index is 0.111. The summed E-state index contributed by atoms with van der Waals surface area (Å²) in [6.45, 7) is 14.6. The molecule has 2 fully saturated rings. The summed E-state index contributed by atoms with van der Waals surface area (Å²) in [7, 11) is 3.93. The van der Waals surface area contributed by atoms with E-state index in [9.17, 15) is 4.79 Å². The lowest BCUT2D eigenvalue weighted by Gasteiger charge is -2.37. The van der Waals surface area contributed by atoms with E-state index in [2.05, 4.69) is 30.5 Å². The summed E-state index contributed by atoms with van der Waals surface area (Å²) in [5.74, 6) is 0.590. The van der Waals surface area contributed by atoms with Crippen LogP contribution in [-0.4, -0.2) is 70.7 Å². The average molecular weight is 475 g/mol. The first-order valence-corrected chi connectivity index (χ1v) is 13.2. The van der Waals surface area contributed by atoms with Crippen molar-refractivity contribution in [3.05, 3.63) is 17.0 Å². The molecule has 2 aliphatic heterocycles. The van der Waals surface area contributed by atoms with Crippen molar-refractivity contribution in [1.29, 1.82) is 0 Å². The molecule has 0 atom stereocenters. The number of carbonyl (C=O) groups excluding carboxylic acids is 1. The molecule has 0 N–H and O–H groups in total. The summed E-state index contributed by atoms with van der Waals surface area (Å²) in [5, 5.41) is 5.07. The van der Waals surface area contributed by atoms with Crippen molar-refractivity contribution in [1.82, 2.24) is 19.6 Å². The Balaban J connectivity index is 1.38. The summed E-state index contributed by atoms with van der Waals surface area (Å²) in [4.78, 5) is 16.2. The van der Waals surface area contributed by atoms with E-state index in [-0.39, 0.29) is 11.7 Å². The number of hydrogen-bond donors (Lipinski definition) is 0. The number of ether oxygens (including phenoxy) is 2. The molecule has 1 saturated heterocycles. The largest absolute Gasteiger partial charge is 0.444 e. The number of carbonyl (C=O) groups is 1. The smallest absolute Gasteiger partial charge is 0.410 e. The van der Waals surface area contributed by atoms with Crippen molar-refractivity contribution in [3.63, 3.8) is 0 Å². The second-order valence-electron chi connectivity index (χ2n) is 12.9. The van der Waals surface area contributed by atoms with Gasteiger partial charge in [-0.3, -0.25) is 9.58 Å². The Labute approximate surface area is 206 Å². The van der Waals surface area contributed by atoms with Gasteiger partial charge in [-0.1, -0.05) is 13.8 Å². The summed E-state index contributed by atoms with van der Waals surface area (Å²) < 4.78 is 14.1. The van der Waals surface area contributed by atoms with E-state index in [0.717, 1.165) is 32.7 Å². The molecule has 7 nitrogen and oxygen atoms in total. The fraction of sp³-hybridized carbons (Fsp3) is 0.852. The Morgan fingerprint density at radius 3 is 2.53 bits per heavy atom. The first-order chi connectivity index (χ1) is 15.9. The number of likely N-dealkylation sites (N-methyl/N-ethyl adjacent to an activating group) is 2. The maximum absolute atomic E-state index is 12.3. The van der Waals surface area contributed by atoms with Crippen LogP contribution in [0.1, 0.15) is 96.0 Å². The number of aromatic nitrogens is 2. The number of rotatable bonds is 6. The van der Waals surface area contributed by atoms with Crippen LogP contribution in [0.2, 0.25) is 0 Å². The lowest BCUT2D eigenvalue weighted by atomic mass is 9.71.